The smallest absolute Gasteiger partial charge is 0.209 e. The molecule has 0 aliphatic heterocycles. The summed E-state index contributed by atoms with van der Waals surface area (Å²) < 4.78 is 24.9. The predicted octanol–water partition coefficient (Wildman–Crippen LogP) is 0.807. The van der Waals surface area contributed by atoms with Gasteiger partial charge in [-0.25, -0.2) is 13.1 Å². The van der Waals surface area contributed by atoms with Crippen LogP contribution in [0.25, 0.3) is 0 Å². The molecule has 6 heteroatoms. The number of rotatable bonds is 6. The zero-order valence-corrected chi connectivity index (χ0v) is 12.1. The number of sulfonamides is 1. The Morgan fingerprint density at radius 1 is 1.33 bits per heavy atom. The first-order valence-electron chi connectivity index (χ1n) is 5.78. The van der Waals surface area contributed by atoms with E-state index >= 15 is 0 Å². The maximum Gasteiger partial charge on any atom is 0.209 e. The number of nitrogens with one attached hydrogen (secondary N) is 2. The highest BCUT2D eigenvalue weighted by Crippen LogP contribution is 2.04. The second-order valence-corrected chi connectivity index (χ2v) is 6.98. The van der Waals surface area contributed by atoms with Crippen LogP contribution in [0.5, 0.6) is 0 Å². The van der Waals surface area contributed by atoms with Crippen molar-refractivity contribution < 1.29 is 8.42 Å². The van der Waals surface area contributed by atoms with Gasteiger partial charge in [0.15, 0.2) is 0 Å². The maximum absolute atomic E-state index is 11.2. The van der Waals surface area contributed by atoms with Crippen LogP contribution in [0.3, 0.4) is 0 Å². The summed E-state index contributed by atoms with van der Waals surface area (Å²) in [5.74, 6) is 0. The van der Waals surface area contributed by atoms with Crippen molar-refractivity contribution in [1.82, 2.24) is 15.0 Å². The van der Waals surface area contributed by atoms with E-state index in [1.54, 1.807) is 12.4 Å². The molecule has 0 aliphatic rings. The van der Waals surface area contributed by atoms with E-state index in [0.717, 1.165) is 11.1 Å². The molecule has 0 bridgehead atoms. The summed E-state index contributed by atoms with van der Waals surface area (Å²) in [5, 5.41) is 3.22. The monoisotopic (exact) mass is 271 g/mol. The Kier molecular flexibility index (Phi) is 4.84. The second kappa shape index (κ2) is 5.77. The molecular weight excluding hydrogens is 250 g/mol. The lowest BCUT2D eigenvalue weighted by Crippen LogP contribution is -2.49. The summed E-state index contributed by atoms with van der Waals surface area (Å²) >= 11 is 0. The van der Waals surface area contributed by atoms with Gasteiger partial charge in [0, 0.05) is 31.0 Å². The quantitative estimate of drug-likeness (QED) is 0.803. The van der Waals surface area contributed by atoms with Gasteiger partial charge in [0.25, 0.3) is 0 Å². The third kappa shape index (κ3) is 6.09. The van der Waals surface area contributed by atoms with Gasteiger partial charge in [-0.1, -0.05) is 6.07 Å². The van der Waals surface area contributed by atoms with Crippen molar-refractivity contribution in [3.05, 3.63) is 29.6 Å². The Morgan fingerprint density at radius 3 is 2.56 bits per heavy atom. The lowest BCUT2D eigenvalue weighted by molar-refractivity contribution is 0.421. The Bertz CT molecular complexity index is 498. The SMILES string of the molecule is Cc1cncc(CNCC(C)(C)NS(C)(=O)=O)c1. The summed E-state index contributed by atoms with van der Waals surface area (Å²) in [7, 11) is -3.19. The summed E-state index contributed by atoms with van der Waals surface area (Å²) in [4.78, 5) is 4.11. The molecule has 1 aromatic heterocycles. The zero-order chi connectivity index (χ0) is 13.8. The largest absolute Gasteiger partial charge is 0.311 e. The van der Waals surface area contributed by atoms with Crippen LogP contribution in [0.2, 0.25) is 0 Å². The summed E-state index contributed by atoms with van der Waals surface area (Å²) in [6.45, 7) is 6.90. The van der Waals surface area contributed by atoms with Crippen LogP contribution in [0.15, 0.2) is 18.5 Å². The van der Waals surface area contributed by atoms with E-state index in [0.29, 0.717) is 13.1 Å². The minimum Gasteiger partial charge on any atom is -0.311 e. The van der Waals surface area contributed by atoms with E-state index in [2.05, 4.69) is 21.1 Å². The van der Waals surface area contributed by atoms with Crippen LogP contribution in [0.4, 0.5) is 0 Å². The second-order valence-electron chi connectivity index (χ2n) is 5.23. The van der Waals surface area contributed by atoms with Crippen LogP contribution < -0.4 is 10.0 Å². The molecule has 18 heavy (non-hydrogen) atoms. The minimum absolute atomic E-state index is 0.509. The van der Waals surface area contributed by atoms with E-state index in [1.165, 1.54) is 6.26 Å². The molecule has 1 aromatic rings. The fraction of sp³-hybridized carbons (Fsp3) is 0.583. The van der Waals surface area contributed by atoms with E-state index in [4.69, 9.17) is 0 Å². The lowest BCUT2D eigenvalue weighted by atomic mass is 10.1. The Labute approximate surface area is 109 Å². The summed E-state index contributed by atoms with van der Waals surface area (Å²) in [5.41, 5.74) is 1.69. The molecular formula is C12H21N3O2S. The van der Waals surface area contributed by atoms with Gasteiger partial charge in [-0.3, -0.25) is 4.98 Å². The van der Waals surface area contributed by atoms with Crippen LogP contribution in [-0.2, 0) is 16.6 Å². The molecule has 2 N–H and O–H groups in total. The van der Waals surface area contributed by atoms with Crippen molar-refractivity contribution in [3.8, 4) is 0 Å². The molecule has 0 aliphatic carbocycles. The van der Waals surface area contributed by atoms with Crippen molar-refractivity contribution in [2.24, 2.45) is 0 Å². The van der Waals surface area contributed by atoms with Crippen molar-refractivity contribution in [3.63, 3.8) is 0 Å². The molecule has 0 saturated heterocycles. The first-order chi connectivity index (χ1) is 8.18. The van der Waals surface area contributed by atoms with Crippen molar-refractivity contribution in [1.29, 1.82) is 0 Å². The molecule has 1 heterocycles. The lowest BCUT2D eigenvalue weighted by Gasteiger charge is -2.25. The van der Waals surface area contributed by atoms with Crippen LogP contribution in [-0.4, -0.2) is 31.7 Å². The number of nitrogens with zero attached hydrogens (tertiary/aromatic N) is 1. The average Bonchev–Trinajstić information content (AvgIpc) is 2.13. The van der Waals surface area contributed by atoms with Gasteiger partial charge in [0.1, 0.15) is 0 Å². The summed E-state index contributed by atoms with van der Waals surface area (Å²) in [6.07, 6.45) is 4.77. The molecule has 102 valence electrons. The Morgan fingerprint density at radius 2 is 2.00 bits per heavy atom. The van der Waals surface area contributed by atoms with Crippen LogP contribution in [0.1, 0.15) is 25.0 Å². The van der Waals surface area contributed by atoms with Gasteiger partial charge < -0.3 is 5.32 Å². The van der Waals surface area contributed by atoms with Gasteiger partial charge in [0.05, 0.1) is 6.26 Å². The minimum atomic E-state index is -3.19. The topological polar surface area (TPSA) is 71.1 Å². The zero-order valence-electron chi connectivity index (χ0n) is 11.3. The highest BCUT2D eigenvalue weighted by atomic mass is 32.2. The number of aryl methyl sites for hydroxylation is 1. The molecule has 0 spiro atoms. The third-order valence-electron chi connectivity index (χ3n) is 2.29. The van der Waals surface area contributed by atoms with Crippen molar-refractivity contribution in [2.75, 3.05) is 12.8 Å². The number of hydrogen-bond acceptors (Lipinski definition) is 4. The number of pyridine rings is 1. The van der Waals surface area contributed by atoms with Crippen molar-refractivity contribution >= 4 is 10.0 Å². The normalized spacial score (nSPS) is 12.7. The molecule has 0 amide bonds. The maximum atomic E-state index is 11.2. The highest BCUT2D eigenvalue weighted by Gasteiger charge is 2.21. The first-order valence-corrected chi connectivity index (χ1v) is 7.67. The molecule has 0 aromatic carbocycles. The molecule has 0 fully saturated rings. The van der Waals surface area contributed by atoms with Crippen molar-refractivity contribution in [2.45, 2.75) is 32.9 Å². The molecule has 0 saturated carbocycles. The highest BCUT2D eigenvalue weighted by molar-refractivity contribution is 7.88. The third-order valence-corrected chi connectivity index (χ3v) is 3.21. The average molecular weight is 271 g/mol. The van der Waals surface area contributed by atoms with E-state index < -0.39 is 15.6 Å². The Hall–Kier alpha value is -0.980. The number of aromatic nitrogens is 1. The molecule has 1 rings (SSSR count). The number of hydrogen-bond donors (Lipinski definition) is 2. The van der Waals surface area contributed by atoms with Crippen LogP contribution >= 0.6 is 0 Å². The molecule has 0 radical (unpaired) electrons. The van der Waals surface area contributed by atoms with E-state index in [9.17, 15) is 8.42 Å². The standard InChI is InChI=1S/C12H21N3O2S/c1-10-5-11(7-13-6-10)8-14-9-12(2,3)15-18(4,16)17/h5-7,14-15H,8-9H2,1-4H3. The van der Waals surface area contributed by atoms with Gasteiger partial charge in [-0.15, -0.1) is 0 Å². The van der Waals surface area contributed by atoms with E-state index in [-0.39, 0.29) is 0 Å². The van der Waals surface area contributed by atoms with E-state index in [1.807, 2.05) is 20.8 Å². The Balaban J connectivity index is 2.46. The first kappa shape index (κ1) is 15.1. The molecule has 0 atom stereocenters. The van der Waals surface area contributed by atoms with Crippen LogP contribution in [0, 0.1) is 6.92 Å². The predicted molar refractivity (Wildman–Crippen MR) is 72.7 cm³/mol. The van der Waals surface area contributed by atoms with Gasteiger partial charge in [-0.2, -0.15) is 0 Å². The molecule has 5 nitrogen and oxygen atoms in total. The van der Waals surface area contributed by atoms with Gasteiger partial charge in [-0.05, 0) is 31.9 Å². The van der Waals surface area contributed by atoms with Gasteiger partial charge >= 0.3 is 0 Å². The summed E-state index contributed by atoms with van der Waals surface area (Å²) in [6, 6.07) is 2.05. The fourth-order valence-corrected chi connectivity index (χ4v) is 2.85. The van der Waals surface area contributed by atoms with Gasteiger partial charge in [0.2, 0.25) is 10.0 Å². The molecule has 0 unspecified atom stereocenters. The fourth-order valence-electron chi connectivity index (χ4n) is 1.77.